The van der Waals surface area contributed by atoms with E-state index in [1.807, 2.05) is 0 Å². The molecule has 1 aliphatic heterocycles. The molecule has 0 amide bonds. The molecular formula is C11H21NO. The molecule has 2 nitrogen and oxygen atoms in total. The van der Waals surface area contributed by atoms with Gasteiger partial charge in [0.05, 0.1) is 6.10 Å². The molecule has 0 unspecified atom stereocenters. The summed E-state index contributed by atoms with van der Waals surface area (Å²) in [7, 11) is 0. The topological polar surface area (TPSA) is 23.5 Å². The fraction of sp³-hybridized carbons (Fsp3) is 1.00. The fourth-order valence-electron chi connectivity index (χ4n) is 3.00. The van der Waals surface area contributed by atoms with Crippen molar-refractivity contribution < 1.29 is 5.11 Å². The van der Waals surface area contributed by atoms with Gasteiger partial charge in [0.2, 0.25) is 0 Å². The predicted octanol–water partition coefficient (Wildman–Crippen LogP) is 1.49. The molecular weight excluding hydrogens is 162 g/mol. The fourth-order valence-corrected chi connectivity index (χ4v) is 3.00. The van der Waals surface area contributed by atoms with Gasteiger partial charge in [0.25, 0.3) is 0 Å². The first kappa shape index (κ1) is 9.47. The standard InChI is InChI=1S/C11H21NO/c1-2-6-12-7-9-4-3-5-10(8-12)11(9)13/h9-11,13H,2-8H2,1H3/t9-,10-/m1/s1. The lowest BCUT2D eigenvalue weighted by atomic mass is 9.75. The van der Waals surface area contributed by atoms with Gasteiger partial charge in [-0.15, -0.1) is 0 Å². The second-order valence-electron chi connectivity index (χ2n) is 4.70. The van der Waals surface area contributed by atoms with E-state index in [2.05, 4.69) is 11.8 Å². The van der Waals surface area contributed by atoms with Crippen molar-refractivity contribution in [3.05, 3.63) is 0 Å². The smallest absolute Gasteiger partial charge is 0.0620 e. The third-order valence-corrected chi connectivity index (χ3v) is 3.64. The minimum Gasteiger partial charge on any atom is -0.392 e. The molecule has 2 fully saturated rings. The number of aliphatic hydroxyl groups excluding tert-OH is 1. The highest BCUT2D eigenvalue weighted by atomic mass is 16.3. The predicted molar refractivity (Wildman–Crippen MR) is 53.6 cm³/mol. The number of fused-ring (bicyclic) bond motifs is 2. The van der Waals surface area contributed by atoms with Gasteiger partial charge in [0, 0.05) is 13.1 Å². The van der Waals surface area contributed by atoms with Crippen LogP contribution in [0.15, 0.2) is 0 Å². The minimum atomic E-state index is 0.0156. The maximum absolute atomic E-state index is 9.95. The highest BCUT2D eigenvalue weighted by Crippen LogP contribution is 2.34. The van der Waals surface area contributed by atoms with E-state index in [4.69, 9.17) is 0 Å². The molecule has 0 spiro atoms. The average Bonchev–Trinajstić information content (AvgIpc) is 2.07. The summed E-state index contributed by atoms with van der Waals surface area (Å²) in [5.74, 6) is 1.16. The number of hydrogen-bond acceptors (Lipinski definition) is 2. The van der Waals surface area contributed by atoms with Gasteiger partial charge in [-0.05, 0) is 37.6 Å². The molecule has 0 aromatic heterocycles. The molecule has 1 saturated heterocycles. The highest BCUT2D eigenvalue weighted by Gasteiger charge is 2.37. The Hall–Kier alpha value is -0.0800. The number of piperidine rings is 1. The van der Waals surface area contributed by atoms with Crippen LogP contribution in [-0.2, 0) is 0 Å². The lowest BCUT2D eigenvalue weighted by Gasteiger charge is -2.45. The third kappa shape index (κ3) is 1.89. The molecule has 76 valence electrons. The molecule has 2 heteroatoms. The van der Waals surface area contributed by atoms with E-state index in [1.165, 1.54) is 32.2 Å². The van der Waals surface area contributed by atoms with Crippen LogP contribution in [0.25, 0.3) is 0 Å². The van der Waals surface area contributed by atoms with Gasteiger partial charge < -0.3 is 10.0 Å². The van der Waals surface area contributed by atoms with Crippen molar-refractivity contribution in [3.8, 4) is 0 Å². The lowest BCUT2D eigenvalue weighted by molar-refractivity contribution is -0.0491. The summed E-state index contributed by atoms with van der Waals surface area (Å²) < 4.78 is 0. The summed E-state index contributed by atoms with van der Waals surface area (Å²) in [4.78, 5) is 2.54. The Kier molecular flexibility index (Phi) is 2.89. The number of rotatable bonds is 2. The zero-order valence-corrected chi connectivity index (χ0v) is 8.58. The second-order valence-corrected chi connectivity index (χ2v) is 4.70. The van der Waals surface area contributed by atoms with Gasteiger partial charge in [-0.2, -0.15) is 0 Å². The van der Waals surface area contributed by atoms with Crippen LogP contribution >= 0.6 is 0 Å². The largest absolute Gasteiger partial charge is 0.392 e. The van der Waals surface area contributed by atoms with E-state index < -0.39 is 0 Å². The van der Waals surface area contributed by atoms with E-state index >= 15 is 0 Å². The molecule has 1 saturated carbocycles. The van der Waals surface area contributed by atoms with Crippen molar-refractivity contribution in [2.45, 2.75) is 38.7 Å². The molecule has 2 bridgehead atoms. The minimum absolute atomic E-state index is 0.0156. The van der Waals surface area contributed by atoms with Crippen LogP contribution in [0.3, 0.4) is 0 Å². The maximum Gasteiger partial charge on any atom is 0.0620 e. The molecule has 1 N–H and O–H groups in total. The molecule has 1 aliphatic carbocycles. The van der Waals surface area contributed by atoms with Crippen LogP contribution in [-0.4, -0.2) is 35.7 Å². The van der Waals surface area contributed by atoms with Crippen LogP contribution in [0.1, 0.15) is 32.6 Å². The number of likely N-dealkylation sites (tertiary alicyclic amines) is 1. The first-order chi connectivity index (χ1) is 6.31. The van der Waals surface area contributed by atoms with E-state index in [0.29, 0.717) is 11.8 Å². The van der Waals surface area contributed by atoms with E-state index in [-0.39, 0.29) is 6.10 Å². The first-order valence-electron chi connectivity index (χ1n) is 5.71. The quantitative estimate of drug-likeness (QED) is 0.701. The third-order valence-electron chi connectivity index (χ3n) is 3.64. The second kappa shape index (κ2) is 3.97. The van der Waals surface area contributed by atoms with Gasteiger partial charge in [0.1, 0.15) is 0 Å². The molecule has 0 aromatic rings. The van der Waals surface area contributed by atoms with Crippen LogP contribution in [0.5, 0.6) is 0 Å². The summed E-state index contributed by atoms with van der Waals surface area (Å²) >= 11 is 0. The normalized spacial score (nSPS) is 40.6. The molecule has 0 aromatic carbocycles. The Balaban J connectivity index is 1.95. The first-order valence-corrected chi connectivity index (χ1v) is 5.71. The Labute approximate surface area is 80.9 Å². The van der Waals surface area contributed by atoms with E-state index in [0.717, 1.165) is 13.1 Å². The van der Waals surface area contributed by atoms with Crippen LogP contribution in [0.2, 0.25) is 0 Å². The van der Waals surface area contributed by atoms with Crippen molar-refractivity contribution in [1.29, 1.82) is 0 Å². The van der Waals surface area contributed by atoms with E-state index in [9.17, 15) is 5.11 Å². The highest BCUT2D eigenvalue weighted by molar-refractivity contribution is 4.90. The van der Waals surface area contributed by atoms with Crippen LogP contribution in [0.4, 0.5) is 0 Å². The molecule has 1 heterocycles. The van der Waals surface area contributed by atoms with Crippen molar-refractivity contribution >= 4 is 0 Å². The van der Waals surface area contributed by atoms with Crippen LogP contribution < -0.4 is 0 Å². The van der Waals surface area contributed by atoms with Crippen molar-refractivity contribution in [1.82, 2.24) is 4.90 Å². The SMILES string of the molecule is CCCN1C[C@H]2CCC[C@H](C1)C2O. The Morgan fingerprint density at radius 3 is 2.38 bits per heavy atom. The zero-order chi connectivity index (χ0) is 9.26. The number of nitrogens with zero attached hydrogens (tertiary/aromatic N) is 1. The molecule has 0 radical (unpaired) electrons. The average molecular weight is 183 g/mol. The zero-order valence-electron chi connectivity index (χ0n) is 8.58. The van der Waals surface area contributed by atoms with Gasteiger partial charge >= 0.3 is 0 Å². The summed E-state index contributed by atoms with van der Waals surface area (Å²) in [5.41, 5.74) is 0. The van der Waals surface area contributed by atoms with E-state index in [1.54, 1.807) is 0 Å². The van der Waals surface area contributed by atoms with Crippen LogP contribution in [0, 0.1) is 11.8 Å². The van der Waals surface area contributed by atoms with Crippen molar-refractivity contribution in [3.63, 3.8) is 0 Å². The summed E-state index contributed by atoms with van der Waals surface area (Å²) in [6.45, 7) is 5.75. The summed E-state index contributed by atoms with van der Waals surface area (Å²) in [6, 6.07) is 0. The van der Waals surface area contributed by atoms with Gasteiger partial charge in [-0.1, -0.05) is 13.3 Å². The monoisotopic (exact) mass is 183 g/mol. The molecule has 2 aliphatic rings. The Morgan fingerprint density at radius 1 is 1.23 bits per heavy atom. The number of aliphatic hydroxyl groups is 1. The van der Waals surface area contributed by atoms with Crippen molar-refractivity contribution in [2.24, 2.45) is 11.8 Å². The molecule has 2 atom stereocenters. The summed E-state index contributed by atoms with van der Waals surface area (Å²) in [5, 5.41) is 9.95. The van der Waals surface area contributed by atoms with Gasteiger partial charge in [-0.3, -0.25) is 0 Å². The maximum atomic E-state index is 9.95. The lowest BCUT2D eigenvalue weighted by Crippen LogP contribution is -2.51. The Morgan fingerprint density at radius 2 is 1.85 bits per heavy atom. The van der Waals surface area contributed by atoms with Crippen molar-refractivity contribution in [2.75, 3.05) is 19.6 Å². The Bertz CT molecular complexity index is 157. The summed E-state index contributed by atoms with van der Waals surface area (Å²) in [6.07, 6.45) is 5.10. The van der Waals surface area contributed by atoms with Gasteiger partial charge in [0.15, 0.2) is 0 Å². The molecule has 2 rings (SSSR count). The van der Waals surface area contributed by atoms with Gasteiger partial charge in [-0.25, -0.2) is 0 Å². The molecule has 13 heavy (non-hydrogen) atoms. The number of hydrogen-bond donors (Lipinski definition) is 1.